The van der Waals surface area contributed by atoms with Crippen molar-refractivity contribution >= 4 is 21.9 Å². The number of aryl methyl sites for hydroxylation is 1. The molecule has 0 saturated carbocycles. The van der Waals surface area contributed by atoms with Gasteiger partial charge in [-0.15, -0.1) is 0 Å². The van der Waals surface area contributed by atoms with E-state index in [0.717, 1.165) is 21.1 Å². The molecule has 4 rings (SSSR count). The van der Waals surface area contributed by atoms with E-state index in [9.17, 15) is 13.2 Å². The Morgan fingerprint density at radius 1 is 1.13 bits per heavy atom. The van der Waals surface area contributed by atoms with E-state index in [1.807, 2.05) is 12.1 Å². The summed E-state index contributed by atoms with van der Waals surface area (Å²) in [5, 5.41) is 9.09. The molecule has 0 fully saturated rings. The van der Waals surface area contributed by atoms with Crippen molar-refractivity contribution in [3.8, 4) is 11.1 Å². The molecule has 1 aliphatic heterocycles. The topological polar surface area (TPSA) is 128 Å². The minimum absolute atomic E-state index is 0.0417. The maximum atomic E-state index is 13.3. The third-order valence-electron chi connectivity index (χ3n) is 5.08. The van der Waals surface area contributed by atoms with E-state index < -0.39 is 22.4 Å². The second-order valence-corrected chi connectivity index (χ2v) is 8.88. The van der Waals surface area contributed by atoms with Crippen LogP contribution in [0.5, 0.6) is 0 Å². The zero-order chi connectivity index (χ0) is 21.5. The van der Waals surface area contributed by atoms with Crippen LogP contribution in [0.15, 0.2) is 59.8 Å². The van der Waals surface area contributed by atoms with Crippen LogP contribution >= 0.6 is 0 Å². The Morgan fingerprint density at radius 3 is 2.33 bits per heavy atom. The minimum atomic E-state index is -4.02. The molecular weight excluding hydrogens is 408 g/mol. The molecule has 3 N–H and O–H groups in total. The lowest BCUT2D eigenvalue weighted by Crippen LogP contribution is -2.46. The molecule has 156 valence electrons. The van der Waals surface area contributed by atoms with Gasteiger partial charge in [0, 0.05) is 24.8 Å². The van der Waals surface area contributed by atoms with Crippen molar-refractivity contribution in [2.75, 3.05) is 5.73 Å². The van der Waals surface area contributed by atoms with E-state index in [1.54, 1.807) is 42.2 Å². The molecule has 0 saturated heterocycles. The Morgan fingerprint density at radius 2 is 1.73 bits per heavy atom. The quantitative estimate of drug-likeness (QED) is 0.482. The van der Waals surface area contributed by atoms with Gasteiger partial charge in [-0.1, -0.05) is 24.3 Å². The van der Waals surface area contributed by atoms with Gasteiger partial charge in [-0.05, 0) is 35.4 Å². The summed E-state index contributed by atoms with van der Waals surface area (Å²) in [6.45, 7) is -0.0732. The number of hydrogen-bond acceptors (Lipinski definition) is 6. The van der Waals surface area contributed by atoms with Crippen molar-refractivity contribution in [1.82, 2.24) is 13.9 Å². The van der Waals surface area contributed by atoms with Gasteiger partial charge in [-0.25, -0.2) is 18.2 Å². The highest BCUT2D eigenvalue weighted by atomic mass is 32.2. The molecule has 1 aromatic heterocycles. The summed E-state index contributed by atoms with van der Waals surface area (Å²) in [4.78, 5) is 15.4. The third-order valence-corrected chi connectivity index (χ3v) is 6.93. The number of carbonyl (C=O) groups is 1. The number of hydrogen-bond donors (Lipinski definition) is 2. The highest BCUT2D eigenvalue weighted by molar-refractivity contribution is 7.89. The molecule has 0 bridgehead atoms. The van der Waals surface area contributed by atoms with Gasteiger partial charge in [0.2, 0.25) is 10.0 Å². The van der Waals surface area contributed by atoms with E-state index in [-0.39, 0.29) is 17.9 Å². The Kier molecular flexibility index (Phi) is 4.96. The first kappa shape index (κ1) is 19.9. The molecule has 0 radical (unpaired) electrons. The zero-order valence-corrected chi connectivity index (χ0v) is 16.9. The van der Waals surface area contributed by atoms with Gasteiger partial charge >= 0.3 is 6.16 Å². The number of imidazole rings is 1. The summed E-state index contributed by atoms with van der Waals surface area (Å²) >= 11 is 0. The van der Waals surface area contributed by atoms with E-state index >= 15 is 0 Å². The first-order chi connectivity index (χ1) is 14.3. The lowest BCUT2D eigenvalue weighted by Gasteiger charge is -2.33. The first-order valence-corrected chi connectivity index (χ1v) is 10.6. The van der Waals surface area contributed by atoms with Gasteiger partial charge in [0.25, 0.3) is 0 Å². The summed E-state index contributed by atoms with van der Waals surface area (Å²) in [6.07, 6.45) is -1.06. The predicted molar refractivity (Wildman–Crippen MR) is 109 cm³/mol. The number of anilines is 1. The van der Waals surface area contributed by atoms with Crippen LogP contribution in [-0.4, -0.2) is 39.8 Å². The first-order valence-electron chi connectivity index (χ1n) is 9.12. The lowest BCUT2D eigenvalue weighted by molar-refractivity contribution is -0.00802. The number of benzene rings is 2. The van der Waals surface area contributed by atoms with Crippen molar-refractivity contribution in [3.05, 3.63) is 66.2 Å². The standard InChI is InChI=1S/C20H20N4O5S/c1-23-12-22-17-11-24(19(10-18(17)23)29-20(25)26)30(27,28)16-8-4-14(5-9-16)13-2-6-15(21)7-3-13/h2-9,12,19H,10-11,21H2,1H3,(H,25,26). The molecule has 1 atom stereocenters. The number of rotatable bonds is 4. The maximum absolute atomic E-state index is 13.3. The van der Waals surface area contributed by atoms with Crippen LogP contribution in [0.4, 0.5) is 10.5 Å². The summed E-state index contributed by atoms with van der Waals surface area (Å²) in [5.41, 5.74) is 9.39. The number of sulfonamides is 1. The second kappa shape index (κ2) is 7.47. The number of ether oxygens (including phenoxy) is 1. The highest BCUT2D eigenvalue weighted by Crippen LogP contribution is 2.30. The fraction of sp³-hybridized carbons (Fsp3) is 0.200. The Bertz CT molecular complexity index is 1190. The van der Waals surface area contributed by atoms with Crippen molar-refractivity contribution in [3.63, 3.8) is 0 Å². The van der Waals surface area contributed by atoms with Gasteiger partial charge in [0.1, 0.15) is 0 Å². The van der Waals surface area contributed by atoms with Crippen LogP contribution in [0.3, 0.4) is 0 Å². The average molecular weight is 428 g/mol. The van der Waals surface area contributed by atoms with Gasteiger partial charge in [-0.2, -0.15) is 4.31 Å². The molecule has 1 aliphatic rings. The highest BCUT2D eigenvalue weighted by Gasteiger charge is 2.39. The number of carboxylic acid groups (broad SMARTS) is 1. The van der Waals surface area contributed by atoms with Crippen LogP contribution in [0.2, 0.25) is 0 Å². The molecule has 9 nitrogen and oxygen atoms in total. The Balaban J connectivity index is 1.67. The van der Waals surface area contributed by atoms with Crippen LogP contribution in [0.1, 0.15) is 11.4 Å². The van der Waals surface area contributed by atoms with Crippen molar-refractivity contribution in [2.45, 2.75) is 24.1 Å². The largest absolute Gasteiger partial charge is 0.507 e. The average Bonchev–Trinajstić information content (AvgIpc) is 3.08. The Labute approximate surface area is 173 Å². The van der Waals surface area contributed by atoms with Gasteiger partial charge in [-0.3, -0.25) is 0 Å². The van der Waals surface area contributed by atoms with Crippen molar-refractivity contribution < 1.29 is 23.1 Å². The van der Waals surface area contributed by atoms with Gasteiger partial charge < -0.3 is 20.1 Å². The Hall–Kier alpha value is -3.37. The molecule has 2 aromatic carbocycles. The van der Waals surface area contributed by atoms with Gasteiger partial charge in [0.15, 0.2) is 6.23 Å². The normalized spacial score (nSPS) is 16.8. The molecule has 30 heavy (non-hydrogen) atoms. The van der Waals surface area contributed by atoms with E-state index in [4.69, 9.17) is 15.6 Å². The minimum Gasteiger partial charge on any atom is -0.450 e. The summed E-state index contributed by atoms with van der Waals surface area (Å²) in [7, 11) is -2.25. The van der Waals surface area contributed by atoms with E-state index in [1.165, 1.54) is 12.1 Å². The van der Waals surface area contributed by atoms with Crippen LogP contribution in [0.25, 0.3) is 11.1 Å². The zero-order valence-electron chi connectivity index (χ0n) is 16.1. The SMILES string of the molecule is Cn1cnc2c1CC(OC(=O)O)N(S(=O)(=O)c1ccc(-c3ccc(N)cc3)cc1)C2. The lowest BCUT2D eigenvalue weighted by atomic mass is 10.1. The number of nitrogen functional groups attached to an aromatic ring is 1. The fourth-order valence-corrected chi connectivity index (χ4v) is 4.97. The summed E-state index contributed by atoms with van der Waals surface area (Å²) in [6, 6.07) is 13.6. The summed E-state index contributed by atoms with van der Waals surface area (Å²) < 4.78 is 34.3. The molecular formula is C20H20N4O5S. The number of fused-ring (bicyclic) bond motifs is 1. The van der Waals surface area contributed by atoms with Crippen molar-refractivity contribution in [2.24, 2.45) is 7.05 Å². The van der Waals surface area contributed by atoms with Crippen LogP contribution in [0, 0.1) is 0 Å². The molecule has 0 aliphatic carbocycles. The smallest absolute Gasteiger partial charge is 0.450 e. The van der Waals surface area contributed by atoms with Gasteiger partial charge in [0.05, 0.1) is 23.5 Å². The van der Waals surface area contributed by atoms with Crippen LogP contribution in [-0.2, 0) is 34.8 Å². The van der Waals surface area contributed by atoms with E-state index in [0.29, 0.717) is 11.4 Å². The van der Waals surface area contributed by atoms with Crippen molar-refractivity contribution in [1.29, 1.82) is 0 Å². The molecule has 1 unspecified atom stereocenters. The third kappa shape index (κ3) is 3.62. The number of nitrogens with zero attached hydrogens (tertiary/aromatic N) is 3. The fourth-order valence-electron chi connectivity index (χ4n) is 3.50. The molecule has 0 amide bonds. The van der Waals surface area contributed by atoms with E-state index in [2.05, 4.69) is 4.98 Å². The molecule has 2 heterocycles. The number of nitrogens with two attached hydrogens (primary N) is 1. The molecule has 0 spiro atoms. The molecule has 3 aromatic rings. The molecule has 10 heteroatoms. The predicted octanol–water partition coefficient (Wildman–Crippen LogP) is 2.44. The monoisotopic (exact) mass is 428 g/mol. The second-order valence-electron chi connectivity index (χ2n) is 6.99. The van der Waals surface area contributed by atoms with Crippen LogP contribution < -0.4 is 5.73 Å². The number of aromatic nitrogens is 2. The maximum Gasteiger partial charge on any atom is 0.507 e. The summed E-state index contributed by atoms with van der Waals surface area (Å²) in [5.74, 6) is 0.